The molecule has 0 amide bonds. The van der Waals surface area contributed by atoms with E-state index in [0.29, 0.717) is 10.8 Å². The fraction of sp³-hybridized carbons (Fsp3) is 0.900. The van der Waals surface area contributed by atoms with Crippen molar-refractivity contribution in [1.29, 1.82) is 0 Å². The van der Waals surface area contributed by atoms with Crippen LogP contribution in [0.4, 0.5) is 0 Å². The third kappa shape index (κ3) is 4.22. The molecule has 0 aromatic heterocycles. The molecule has 0 aliphatic heterocycles. The van der Waals surface area contributed by atoms with Crippen LogP contribution in [0.1, 0.15) is 113 Å². The van der Waals surface area contributed by atoms with E-state index in [2.05, 4.69) is 47.6 Å². The van der Waals surface area contributed by atoms with Gasteiger partial charge in [-0.1, -0.05) is 66.0 Å². The van der Waals surface area contributed by atoms with E-state index < -0.39 is 0 Å². The summed E-state index contributed by atoms with van der Waals surface area (Å²) in [6, 6.07) is 0. The van der Waals surface area contributed by atoms with Gasteiger partial charge in [0, 0.05) is 13.3 Å². The molecular formula is C30H50O2. The van der Waals surface area contributed by atoms with Crippen LogP contribution in [-0.4, -0.2) is 12.1 Å². The van der Waals surface area contributed by atoms with E-state index in [1.165, 1.54) is 51.4 Å². The number of fused-ring (bicyclic) bond motifs is 5. The molecule has 1 unspecified atom stereocenters. The second kappa shape index (κ2) is 9.10. The molecule has 0 bridgehead atoms. The van der Waals surface area contributed by atoms with Crippen LogP contribution in [0.3, 0.4) is 0 Å². The Hall–Kier alpha value is -0.790. The topological polar surface area (TPSA) is 26.3 Å². The second-order valence-corrected chi connectivity index (χ2v) is 13.2. The monoisotopic (exact) mass is 442 g/mol. The van der Waals surface area contributed by atoms with Crippen LogP contribution in [0.2, 0.25) is 0 Å². The second-order valence-electron chi connectivity index (χ2n) is 13.2. The predicted molar refractivity (Wildman–Crippen MR) is 133 cm³/mol. The summed E-state index contributed by atoms with van der Waals surface area (Å²) in [5, 5.41) is 0. The molecule has 0 N–H and O–H groups in total. The molecule has 3 fully saturated rings. The average Bonchev–Trinajstić information content (AvgIpc) is 3.08. The number of hydrogen-bond acceptors (Lipinski definition) is 2. The Kier molecular flexibility index (Phi) is 6.92. The maximum Gasteiger partial charge on any atom is 0.302 e. The standard InChI is InChI=1S/C30H50O2/c1-19(2)20(3)8-9-21(4)26-12-13-27-25-11-10-23-18-24(32-22(5)31)14-16-29(23,6)28(25)15-17-30(26,27)7/h10,19-21,24-28H,8-9,11-18H2,1-7H3/t20-,21+,24?,25-,26+,27-,28-,29-,30+/m0/s1. The van der Waals surface area contributed by atoms with Gasteiger partial charge in [0.1, 0.15) is 6.10 Å². The normalized spacial score (nSPS) is 43.0. The summed E-state index contributed by atoms with van der Waals surface area (Å²) in [5.74, 6) is 5.96. The van der Waals surface area contributed by atoms with Gasteiger partial charge in [0.2, 0.25) is 0 Å². The van der Waals surface area contributed by atoms with Gasteiger partial charge in [-0.15, -0.1) is 0 Å². The minimum atomic E-state index is -0.116. The molecule has 3 saturated carbocycles. The smallest absolute Gasteiger partial charge is 0.302 e. The number of carbonyl (C=O) groups is 1. The number of allylic oxidation sites excluding steroid dienone is 1. The molecular weight excluding hydrogens is 392 g/mol. The van der Waals surface area contributed by atoms with E-state index in [9.17, 15) is 4.79 Å². The Bertz CT molecular complexity index is 722. The third-order valence-electron chi connectivity index (χ3n) is 11.4. The van der Waals surface area contributed by atoms with Gasteiger partial charge in [-0.3, -0.25) is 4.79 Å². The minimum Gasteiger partial charge on any atom is -0.462 e. The van der Waals surface area contributed by atoms with Crippen molar-refractivity contribution < 1.29 is 9.53 Å². The van der Waals surface area contributed by atoms with Crippen LogP contribution in [0.5, 0.6) is 0 Å². The van der Waals surface area contributed by atoms with Crippen LogP contribution in [0.25, 0.3) is 0 Å². The van der Waals surface area contributed by atoms with Gasteiger partial charge in [0.25, 0.3) is 0 Å². The first-order chi connectivity index (χ1) is 15.1. The van der Waals surface area contributed by atoms with E-state index in [1.54, 1.807) is 12.5 Å². The summed E-state index contributed by atoms with van der Waals surface area (Å²) in [6.45, 7) is 16.6. The zero-order valence-electron chi connectivity index (χ0n) is 22.1. The lowest BCUT2D eigenvalue weighted by molar-refractivity contribution is -0.148. The summed E-state index contributed by atoms with van der Waals surface area (Å²) < 4.78 is 5.62. The highest BCUT2D eigenvalue weighted by atomic mass is 16.5. The molecule has 0 radical (unpaired) electrons. The van der Waals surface area contributed by atoms with Crippen LogP contribution >= 0.6 is 0 Å². The van der Waals surface area contributed by atoms with Gasteiger partial charge in [0.15, 0.2) is 0 Å². The number of hydrogen-bond donors (Lipinski definition) is 0. The van der Waals surface area contributed by atoms with E-state index in [0.717, 1.165) is 54.3 Å². The molecule has 9 atom stereocenters. The Labute approximate surface area is 198 Å². The summed E-state index contributed by atoms with van der Waals surface area (Å²) >= 11 is 0. The van der Waals surface area contributed by atoms with Crippen molar-refractivity contribution in [3.8, 4) is 0 Å². The third-order valence-corrected chi connectivity index (χ3v) is 11.4. The highest BCUT2D eigenvalue weighted by Gasteiger charge is 2.59. The fourth-order valence-electron chi connectivity index (χ4n) is 9.00. The van der Waals surface area contributed by atoms with Crippen molar-refractivity contribution in [2.75, 3.05) is 0 Å². The Morgan fingerprint density at radius 1 is 1.03 bits per heavy atom. The highest BCUT2D eigenvalue weighted by Crippen LogP contribution is 2.67. The molecule has 4 aliphatic carbocycles. The van der Waals surface area contributed by atoms with E-state index in [4.69, 9.17) is 4.74 Å². The highest BCUT2D eigenvalue weighted by molar-refractivity contribution is 5.66. The molecule has 4 rings (SSSR count). The molecule has 0 aromatic carbocycles. The van der Waals surface area contributed by atoms with Gasteiger partial charge < -0.3 is 4.74 Å². The van der Waals surface area contributed by atoms with Gasteiger partial charge in [0.05, 0.1) is 0 Å². The van der Waals surface area contributed by atoms with Gasteiger partial charge >= 0.3 is 5.97 Å². The first-order valence-electron chi connectivity index (χ1n) is 13.9. The number of rotatable bonds is 6. The summed E-state index contributed by atoms with van der Waals surface area (Å²) in [6.07, 6.45) is 15.8. The van der Waals surface area contributed by atoms with Crippen molar-refractivity contribution in [1.82, 2.24) is 0 Å². The van der Waals surface area contributed by atoms with Crippen molar-refractivity contribution >= 4 is 5.97 Å². The van der Waals surface area contributed by atoms with Crippen LogP contribution in [0, 0.1) is 52.3 Å². The zero-order valence-corrected chi connectivity index (χ0v) is 22.1. The van der Waals surface area contributed by atoms with Gasteiger partial charge in [-0.25, -0.2) is 0 Å². The minimum absolute atomic E-state index is 0.113. The Balaban J connectivity index is 1.46. The summed E-state index contributed by atoms with van der Waals surface area (Å²) in [5.41, 5.74) is 2.51. The van der Waals surface area contributed by atoms with Crippen LogP contribution < -0.4 is 0 Å². The lowest BCUT2D eigenvalue weighted by atomic mass is 9.47. The number of ether oxygens (including phenoxy) is 1. The Morgan fingerprint density at radius 3 is 2.47 bits per heavy atom. The quantitative estimate of drug-likeness (QED) is 0.306. The largest absolute Gasteiger partial charge is 0.462 e. The molecule has 4 aliphatic rings. The van der Waals surface area contributed by atoms with Crippen molar-refractivity contribution in [3.63, 3.8) is 0 Å². The van der Waals surface area contributed by atoms with Crippen molar-refractivity contribution in [2.45, 2.75) is 119 Å². The molecule has 0 spiro atoms. The van der Waals surface area contributed by atoms with Crippen molar-refractivity contribution in [3.05, 3.63) is 11.6 Å². The molecule has 0 heterocycles. The molecule has 32 heavy (non-hydrogen) atoms. The molecule has 2 nitrogen and oxygen atoms in total. The van der Waals surface area contributed by atoms with E-state index >= 15 is 0 Å². The van der Waals surface area contributed by atoms with Gasteiger partial charge in [-0.05, 0) is 97.2 Å². The maximum atomic E-state index is 11.5. The van der Waals surface area contributed by atoms with Crippen LogP contribution in [-0.2, 0) is 9.53 Å². The predicted octanol–water partition coefficient (Wildman–Crippen LogP) is 8.21. The molecule has 2 heteroatoms. The van der Waals surface area contributed by atoms with Gasteiger partial charge in [-0.2, -0.15) is 0 Å². The first-order valence-corrected chi connectivity index (χ1v) is 13.9. The average molecular weight is 443 g/mol. The van der Waals surface area contributed by atoms with E-state index in [1.807, 2.05) is 0 Å². The summed E-state index contributed by atoms with van der Waals surface area (Å²) in [4.78, 5) is 11.5. The fourth-order valence-corrected chi connectivity index (χ4v) is 9.00. The van der Waals surface area contributed by atoms with Crippen LogP contribution in [0.15, 0.2) is 11.6 Å². The maximum absolute atomic E-state index is 11.5. The number of esters is 1. The summed E-state index contributed by atoms with van der Waals surface area (Å²) in [7, 11) is 0. The molecule has 0 aromatic rings. The number of carbonyl (C=O) groups excluding carboxylic acids is 1. The zero-order chi connectivity index (χ0) is 23.3. The first kappa shape index (κ1) is 24.3. The lowest BCUT2D eigenvalue weighted by Gasteiger charge is -2.58. The van der Waals surface area contributed by atoms with E-state index in [-0.39, 0.29) is 12.1 Å². The van der Waals surface area contributed by atoms with Crippen molar-refractivity contribution in [2.24, 2.45) is 52.3 Å². The lowest BCUT2D eigenvalue weighted by Crippen LogP contribution is -2.51. The SMILES string of the molecule is CC(=O)OC1CC[C@@]2(C)C(=CC[C@H]3[C@@H]4CC[C@H]([C@H](C)CC[C@H](C)C(C)C)[C@@]4(C)CC[C@@H]32)C1. The molecule has 182 valence electrons. The molecule has 0 saturated heterocycles. The Morgan fingerprint density at radius 2 is 1.78 bits per heavy atom.